The van der Waals surface area contributed by atoms with E-state index < -0.39 is 0 Å². The van der Waals surface area contributed by atoms with Gasteiger partial charge in [0.2, 0.25) is 0 Å². The average Bonchev–Trinajstić information content (AvgIpc) is 2.34. The van der Waals surface area contributed by atoms with Crippen LogP contribution in [0.1, 0.15) is 19.4 Å². The summed E-state index contributed by atoms with van der Waals surface area (Å²) in [5.41, 5.74) is 8.61. The van der Waals surface area contributed by atoms with Crippen LogP contribution in [0.5, 0.6) is 11.5 Å². The molecule has 0 aromatic heterocycles. The molecule has 0 aliphatic rings. The SMILES string of the molecule is CCOc1cc(Br)c(/C=N/NC(N)=S)cc1OCC. The average molecular weight is 346 g/mol. The molecule has 5 nitrogen and oxygen atoms in total. The van der Waals surface area contributed by atoms with Crippen molar-refractivity contribution in [3.05, 3.63) is 22.2 Å². The Labute approximate surface area is 126 Å². The van der Waals surface area contributed by atoms with Crippen molar-refractivity contribution in [3.8, 4) is 11.5 Å². The van der Waals surface area contributed by atoms with Crippen LogP contribution < -0.4 is 20.6 Å². The molecule has 0 unspecified atom stereocenters. The highest BCUT2D eigenvalue weighted by Gasteiger charge is 2.09. The summed E-state index contributed by atoms with van der Waals surface area (Å²) in [5, 5.41) is 4.03. The van der Waals surface area contributed by atoms with E-state index in [-0.39, 0.29) is 5.11 Å². The Morgan fingerprint density at radius 3 is 2.47 bits per heavy atom. The van der Waals surface area contributed by atoms with Gasteiger partial charge in [0, 0.05) is 10.0 Å². The third-order valence-corrected chi connectivity index (χ3v) is 2.82. The first-order valence-electron chi connectivity index (χ1n) is 5.76. The summed E-state index contributed by atoms with van der Waals surface area (Å²) in [7, 11) is 0. The lowest BCUT2D eigenvalue weighted by Crippen LogP contribution is -2.24. The second-order valence-corrected chi connectivity index (χ2v) is 4.71. The fraction of sp³-hybridized carbons (Fsp3) is 0.333. The molecule has 1 aromatic rings. The lowest BCUT2D eigenvalue weighted by atomic mass is 10.2. The Hall–Kier alpha value is -1.34. The molecule has 0 heterocycles. The molecule has 0 saturated heterocycles. The van der Waals surface area contributed by atoms with Gasteiger partial charge in [-0.3, -0.25) is 5.43 Å². The Kier molecular flexibility index (Phi) is 6.58. The zero-order valence-electron chi connectivity index (χ0n) is 10.8. The number of benzene rings is 1. The standard InChI is InChI=1S/C12H16BrN3O2S/c1-3-17-10-5-8(7-15-16-12(14)19)9(13)6-11(10)18-4-2/h5-7H,3-4H2,1-2H3,(H3,14,16,19)/b15-7+. The summed E-state index contributed by atoms with van der Waals surface area (Å²) in [5.74, 6) is 1.36. The normalized spacial score (nSPS) is 10.5. The molecule has 0 fully saturated rings. The predicted molar refractivity (Wildman–Crippen MR) is 84.0 cm³/mol. The molecule has 0 radical (unpaired) electrons. The molecule has 0 amide bonds. The van der Waals surface area contributed by atoms with Crippen molar-refractivity contribution in [3.63, 3.8) is 0 Å². The fourth-order valence-electron chi connectivity index (χ4n) is 1.35. The minimum atomic E-state index is 0.114. The van der Waals surface area contributed by atoms with Crippen LogP contribution in [0.3, 0.4) is 0 Å². The van der Waals surface area contributed by atoms with Crippen molar-refractivity contribution in [2.75, 3.05) is 13.2 Å². The van der Waals surface area contributed by atoms with E-state index in [9.17, 15) is 0 Å². The zero-order valence-corrected chi connectivity index (χ0v) is 13.2. The van der Waals surface area contributed by atoms with Crippen LogP contribution in [-0.2, 0) is 0 Å². The van der Waals surface area contributed by atoms with Gasteiger partial charge in [-0.05, 0) is 54.1 Å². The fourth-order valence-corrected chi connectivity index (χ4v) is 1.83. The molecule has 0 aliphatic carbocycles. The van der Waals surface area contributed by atoms with Gasteiger partial charge < -0.3 is 15.2 Å². The lowest BCUT2D eigenvalue weighted by molar-refractivity contribution is 0.287. The van der Waals surface area contributed by atoms with Crippen LogP contribution in [-0.4, -0.2) is 24.5 Å². The summed E-state index contributed by atoms with van der Waals surface area (Å²) in [4.78, 5) is 0. The van der Waals surface area contributed by atoms with Crippen molar-refractivity contribution >= 4 is 39.5 Å². The van der Waals surface area contributed by atoms with E-state index in [0.717, 1.165) is 10.0 Å². The monoisotopic (exact) mass is 345 g/mol. The molecule has 0 saturated carbocycles. The molecule has 7 heteroatoms. The lowest BCUT2D eigenvalue weighted by Gasteiger charge is -2.12. The van der Waals surface area contributed by atoms with Crippen LogP contribution in [0, 0.1) is 0 Å². The first-order valence-corrected chi connectivity index (χ1v) is 6.96. The molecule has 0 aliphatic heterocycles. The minimum absolute atomic E-state index is 0.114. The molecule has 0 atom stereocenters. The van der Waals surface area contributed by atoms with Crippen molar-refractivity contribution in [1.82, 2.24) is 5.43 Å². The van der Waals surface area contributed by atoms with E-state index >= 15 is 0 Å². The Morgan fingerprint density at radius 1 is 1.37 bits per heavy atom. The van der Waals surface area contributed by atoms with Gasteiger partial charge >= 0.3 is 0 Å². The number of hydrogen-bond donors (Lipinski definition) is 2. The molecule has 0 spiro atoms. The van der Waals surface area contributed by atoms with Crippen molar-refractivity contribution in [1.29, 1.82) is 0 Å². The summed E-state index contributed by atoms with van der Waals surface area (Å²) in [6, 6.07) is 3.68. The first-order chi connectivity index (χ1) is 9.08. The van der Waals surface area contributed by atoms with Crippen LogP contribution in [0.4, 0.5) is 0 Å². The maximum atomic E-state index is 5.53. The summed E-state index contributed by atoms with van der Waals surface area (Å²) >= 11 is 8.11. The maximum absolute atomic E-state index is 5.53. The summed E-state index contributed by atoms with van der Waals surface area (Å²) < 4.78 is 11.9. The quantitative estimate of drug-likeness (QED) is 0.470. The Bertz CT molecular complexity index is 480. The molecule has 104 valence electrons. The number of nitrogens with one attached hydrogen (secondary N) is 1. The second-order valence-electron chi connectivity index (χ2n) is 3.42. The van der Waals surface area contributed by atoms with Gasteiger partial charge in [-0.1, -0.05) is 0 Å². The molecule has 0 bridgehead atoms. The topological polar surface area (TPSA) is 68.9 Å². The van der Waals surface area contributed by atoms with Gasteiger partial charge in [-0.25, -0.2) is 0 Å². The maximum Gasteiger partial charge on any atom is 0.184 e. The number of hydrogen-bond acceptors (Lipinski definition) is 4. The van der Waals surface area contributed by atoms with E-state index in [1.54, 1.807) is 6.21 Å². The van der Waals surface area contributed by atoms with Crippen LogP contribution in [0.2, 0.25) is 0 Å². The van der Waals surface area contributed by atoms with E-state index in [4.69, 9.17) is 15.2 Å². The molecule has 3 N–H and O–H groups in total. The van der Waals surface area contributed by atoms with E-state index in [2.05, 4.69) is 38.7 Å². The molecule has 19 heavy (non-hydrogen) atoms. The molecule has 1 aromatic carbocycles. The number of halogens is 1. The Balaban J connectivity index is 3.01. The largest absolute Gasteiger partial charge is 0.490 e. The number of nitrogens with zero attached hydrogens (tertiary/aromatic N) is 1. The zero-order chi connectivity index (χ0) is 14.3. The van der Waals surface area contributed by atoms with Crippen molar-refractivity contribution in [2.24, 2.45) is 10.8 Å². The number of rotatable bonds is 6. The highest BCUT2D eigenvalue weighted by Crippen LogP contribution is 2.33. The third kappa shape index (κ3) is 5.04. The minimum Gasteiger partial charge on any atom is -0.490 e. The van der Waals surface area contributed by atoms with Gasteiger partial charge in [0.15, 0.2) is 16.6 Å². The number of hydrazone groups is 1. The van der Waals surface area contributed by atoms with Crippen molar-refractivity contribution < 1.29 is 9.47 Å². The molecular weight excluding hydrogens is 330 g/mol. The van der Waals surface area contributed by atoms with Gasteiger partial charge in [-0.15, -0.1) is 0 Å². The molecule has 1 rings (SSSR count). The van der Waals surface area contributed by atoms with Gasteiger partial charge in [0.25, 0.3) is 0 Å². The highest BCUT2D eigenvalue weighted by atomic mass is 79.9. The van der Waals surface area contributed by atoms with E-state index in [1.165, 1.54) is 0 Å². The number of thiocarbonyl (C=S) groups is 1. The van der Waals surface area contributed by atoms with E-state index in [0.29, 0.717) is 24.7 Å². The Morgan fingerprint density at radius 2 is 1.95 bits per heavy atom. The first kappa shape index (κ1) is 15.7. The summed E-state index contributed by atoms with van der Waals surface area (Å²) in [6.45, 7) is 4.97. The third-order valence-electron chi connectivity index (χ3n) is 2.04. The number of ether oxygens (including phenoxy) is 2. The highest BCUT2D eigenvalue weighted by molar-refractivity contribution is 9.10. The van der Waals surface area contributed by atoms with Crippen LogP contribution in [0.25, 0.3) is 0 Å². The van der Waals surface area contributed by atoms with Gasteiger partial charge in [0.1, 0.15) is 0 Å². The van der Waals surface area contributed by atoms with Crippen LogP contribution in [0.15, 0.2) is 21.7 Å². The van der Waals surface area contributed by atoms with Crippen LogP contribution >= 0.6 is 28.1 Å². The predicted octanol–water partition coefficient (Wildman–Crippen LogP) is 2.41. The molecular formula is C12H16BrN3O2S. The smallest absolute Gasteiger partial charge is 0.184 e. The van der Waals surface area contributed by atoms with Gasteiger partial charge in [0.05, 0.1) is 19.4 Å². The summed E-state index contributed by atoms with van der Waals surface area (Å²) in [6.07, 6.45) is 1.60. The second kappa shape index (κ2) is 7.96. The number of nitrogens with two attached hydrogens (primary N) is 1. The van der Waals surface area contributed by atoms with Crippen molar-refractivity contribution in [2.45, 2.75) is 13.8 Å². The van der Waals surface area contributed by atoms with E-state index in [1.807, 2.05) is 26.0 Å². The van der Waals surface area contributed by atoms with Gasteiger partial charge in [-0.2, -0.15) is 5.10 Å².